The van der Waals surface area contributed by atoms with E-state index >= 15 is 0 Å². The van der Waals surface area contributed by atoms with Gasteiger partial charge in [-0.3, -0.25) is 4.68 Å². The van der Waals surface area contributed by atoms with Gasteiger partial charge in [0, 0.05) is 36.5 Å². The predicted octanol–water partition coefficient (Wildman–Crippen LogP) is 3.20. The van der Waals surface area contributed by atoms with Crippen LogP contribution in [-0.4, -0.2) is 9.78 Å². The molecular weight excluding hydrogens is 248 g/mol. The molecule has 0 aliphatic carbocycles. The Morgan fingerprint density at radius 1 is 1.25 bits per heavy atom. The molecule has 0 unspecified atom stereocenters. The predicted molar refractivity (Wildman–Crippen MR) is 80.4 cm³/mol. The van der Waals surface area contributed by atoms with Crippen molar-refractivity contribution in [3.63, 3.8) is 0 Å². The van der Waals surface area contributed by atoms with Gasteiger partial charge < -0.3 is 5.32 Å². The fourth-order valence-corrected chi connectivity index (χ4v) is 2.16. The number of hydrogen-bond donors (Lipinski definition) is 1. The van der Waals surface area contributed by atoms with Gasteiger partial charge in [0.2, 0.25) is 0 Å². The Labute approximate surface area is 120 Å². The summed E-state index contributed by atoms with van der Waals surface area (Å²) in [5.74, 6) is 0. The molecule has 104 valence electrons. The fourth-order valence-electron chi connectivity index (χ4n) is 2.16. The molecular formula is C16H20N4. The number of anilines is 1. The van der Waals surface area contributed by atoms with Crippen molar-refractivity contribution in [2.45, 2.75) is 32.7 Å². The maximum absolute atomic E-state index is 8.78. The molecule has 2 aromatic rings. The molecule has 0 radical (unpaired) electrons. The second-order valence-electron chi connectivity index (χ2n) is 5.97. The first-order valence-electron chi connectivity index (χ1n) is 6.67. The lowest BCUT2D eigenvalue weighted by Crippen LogP contribution is -2.16. The highest BCUT2D eigenvalue weighted by Gasteiger charge is 2.21. The van der Waals surface area contributed by atoms with E-state index in [-0.39, 0.29) is 5.41 Å². The van der Waals surface area contributed by atoms with Crippen LogP contribution in [-0.2, 0) is 19.0 Å². The van der Waals surface area contributed by atoms with Gasteiger partial charge in [0.15, 0.2) is 0 Å². The Balaban J connectivity index is 2.13. The van der Waals surface area contributed by atoms with E-state index in [1.807, 2.05) is 36.0 Å². The number of aromatic nitrogens is 2. The number of rotatable bonds is 3. The molecule has 0 bridgehead atoms. The molecule has 0 aliphatic heterocycles. The minimum absolute atomic E-state index is 0.0307. The molecule has 0 amide bonds. The summed E-state index contributed by atoms with van der Waals surface area (Å²) in [4.78, 5) is 0. The van der Waals surface area contributed by atoms with Crippen molar-refractivity contribution < 1.29 is 0 Å². The highest BCUT2D eigenvalue weighted by molar-refractivity contribution is 5.47. The molecule has 0 saturated carbocycles. The Morgan fingerprint density at radius 2 is 1.90 bits per heavy atom. The SMILES string of the molecule is Cn1cc(CNc2ccc(C#N)cc2)c(C(C)(C)C)n1. The van der Waals surface area contributed by atoms with Crippen LogP contribution in [0.25, 0.3) is 0 Å². The average Bonchev–Trinajstić information content (AvgIpc) is 2.78. The maximum Gasteiger partial charge on any atom is 0.0991 e. The molecule has 1 heterocycles. The van der Waals surface area contributed by atoms with Crippen molar-refractivity contribution >= 4 is 5.69 Å². The summed E-state index contributed by atoms with van der Waals surface area (Å²) in [5, 5.41) is 16.7. The first-order valence-corrected chi connectivity index (χ1v) is 6.67. The zero-order valence-electron chi connectivity index (χ0n) is 12.4. The van der Waals surface area contributed by atoms with E-state index in [2.05, 4.69) is 43.5 Å². The quantitative estimate of drug-likeness (QED) is 0.930. The number of benzene rings is 1. The number of hydrogen-bond acceptors (Lipinski definition) is 3. The molecule has 0 aliphatic rings. The first kappa shape index (κ1) is 14.1. The first-order chi connectivity index (χ1) is 9.40. The van der Waals surface area contributed by atoms with Crippen molar-refractivity contribution in [3.05, 3.63) is 47.3 Å². The van der Waals surface area contributed by atoms with Crippen molar-refractivity contribution in [3.8, 4) is 6.07 Å². The number of nitrogens with zero attached hydrogens (tertiary/aromatic N) is 3. The lowest BCUT2D eigenvalue weighted by molar-refractivity contribution is 0.549. The van der Waals surface area contributed by atoms with E-state index in [4.69, 9.17) is 5.26 Å². The fraction of sp³-hybridized carbons (Fsp3) is 0.375. The maximum atomic E-state index is 8.78. The van der Waals surface area contributed by atoms with Crippen LogP contribution >= 0.6 is 0 Å². The molecule has 20 heavy (non-hydrogen) atoms. The summed E-state index contributed by atoms with van der Waals surface area (Å²) < 4.78 is 1.86. The summed E-state index contributed by atoms with van der Waals surface area (Å²) in [5.41, 5.74) is 4.02. The van der Waals surface area contributed by atoms with Crippen LogP contribution in [0.4, 0.5) is 5.69 Å². The highest BCUT2D eigenvalue weighted by atomic mass is 15.3. The molecule has 1 aromatic heterocycles. The van der Waals surface area contributed by atoms with Gasteiger partial charge in [-0.25, -0.2) is 0 Å². The minimum Gasteiger partial charge on any atom is -0.381 e. The van der Waals surface area contributed by atoms with Gasteiger partial charge in [-0.1, -0.05) is 20.8 Å². The molecule has 1 aromatic carbocycles. The van der Waals surface area contributed by atoms with E-state index in [9.17, 15) is 0 Å². The second-order valence-corrected chi connectivity index (χ2v) is 5.97. The summed E-state index contributed by atoms with van der Waals surface area (Å²) in [6.07, 6.45) is 2.05. The van der Waals surface area contributed by atoms with E-state index in [1.54, 1.807) is 0 Å². The zero-order valence-corrected chi connectivity index (χ0v) is 12.4. The van der Waals surface area contributed by atoms with Crippen LogP contribution < -0.4 is 5.32 Å². The van der Waals surface area contributed by atoms with Gasteiger partial charge >= 0.3 is 0 Å². The Kier molecular flexibility index (Phi) is 3.80. The van der Waals surface area contributed by atoms with Crippen LogP contribution in [0.2, 0.25) is 0 Å². The summed E-state index contributed by atoms with van der Waals surface area (Å²) in [6.45, 7) is 7.23. The van der Waals surface area contributed by atoms with Crippen molar-refractivity contribution in [2.24, 2.45) is 7.05 Å². The van der Waals surface area contributed by atoms with E-state index in [0.29, 0.717) is 5.56 Å². The largest absolute Gasteiger partial charge is 0.381 e. The summed E-state index contributed by atoms with van der Waals surface area (Å²) >= 11 is 0. The van der Waals surface area contributed by atoms with Gasteiger partial charge in [-0.2, -0.15) is 10.4 Å². The smallest absolute Gasteiger partial charge is 0.0991 e. The normalized spacial score (nSPS) is 11.2. The van der Waals surface area contributed by atoms with Gasteiger partial charge in [-0.05, 0) is 24.3 Å². The molecule has 0 fully saturated rings. The standard InChI is InChI=1S/C16H20N4/c1-16(2,3)15-13(11-20(4)19-15)10-18-14-7-5-12(9-17)6-8-14/h5-8,11,18H,10H2,1-4H3. The molecule has 4 heteroatoms. The Hall–Kier alpha value is -2.28. The lowest BCUT2D eigenvalue weighted by atomic mass is 9.89. The molecule has 0 atom stereocenters. The molecule has 4 nitrogen and oxygen atoms in total. The second kappa shape index (κ2) is 5.38. The van der Waals surface area contributed by atoms with E-state index < -0.39 is 0 Å². The highest BCUT2D eigenvalue weighted by Crippen LogP contribution is 2.24. The number of nitriles is 1. The van der Waals surface area contributed by atoms with Crippen LogP contribution in [0.5, 0.6) is 0 Å². The van der Waals surface area contributed by atoms with Crippen LogP contribution in [0.15, 0.2) is 30.5 Å². The average molecular weight is 268 g/mol. The molecule has 0 spiro atoms. The Morgan fingerprint density at radius 3 is 2.45 bits per heavy atom. The van der Waals surface area contributed by atoms with E-state index in [1.165, 1.54) is 5.56 Å². The summed E-state index contributed by atoms with van der Waals surface area (Å²) in [6, 6.07) is 9.60. The van der Waals surface area contributed by atoms with E-state index in [0.717, 1.165) is 17.9 Å². The van der Waals surface area contributed by atoms with Crippen molar-refractivity contribution in [2.75, 3.05) is 5.32 Å². The third kappa shape index (κ3) is 3.18. The van der Waals surface area contributed by atoms with Crippen molar-refractivity contribution in [1.29, 1.82) is 5.26 Å². The Bertz CT molecular complexity index is 624. The third-order valence-corrected chi connectivity index (χ3v) is 3.11. The zero-order chi connectivity index (χ0) is 14.8. The summed E-state index contributed by atoms with van der Waals surface area (Å²) in [7, 11) is 1.94. The minimum atomic E-state index is 0.0307. The van der Waals surface area contributed by atoms with Crippen LogP contribution in [0, 0.1) is 11.3 Å². The van der Waals surface area contributed by atoms with Crippen LogP contribution in [0.1, 0.15) is 37.6 Å². The van der Waals surface area contributed by atoms with Gasteiger partial charge in [0.05, 0.1) is 17.3 Å². The van der Waals surface area contributed by atoms with Crippen molar-refractivity contribution in [1.82, 2.24) is 9.78 Å². The van der Waals surface area contributed by atoms with Gasteiger partial charge in [-0.15, -0.1) is 0 Å². The molecule has 0 saturated heterocycles. The van der Waals surface area contributed by atoms with Crippen LogP contribution in [0.3, 0.4) is 0 Å². The number of nitrogens with one attached hydrogen (secondary N) is 1. The third-order valence-electron chi connectivity index (χ3n) is 3.11. The lowest BCUT2D eigenvalue weighted by Gasteiger charge is -2.17. The number of aryl methyl sites for hydroxylation is 1. The molecule has 2 rings (SSSR count). The molecule has 1 N–H and O–H groups in total. The van der Waals surface area contributed by atoms with Gasteiger partial charge in [0.1, 0.15) is 0 Å². The van der Waals surface area contributed by atoms with Gasteiger partial charge in [0.25, 0.3) is 0 Å². The topological polar surface area (TPSA) is 53.6 Å². The monoisotopic (exact) mass is 268 g/mol.